The molecule has 1 fully saturated rings. The zero-order chi connectivity index (χ0) is 17.1. The van der Waals surface area contributed by atoms with Gasteiger partial charge in [0.1, 0.15) is 5.69 Å². The number of hydrogen-bond donors (Lipinski definition) is 0. The summed E-state index contributed by atoms with van der Waals surface area (Å²) in [7, 11) is 1.52. The first-order valence-corrected chi connectivity index (χ1v) is 7.99. The summed E-state index contributed by atoms with van der Waals surface area (Å²) in [4.78, 5) is 38.0. The summed E-state index contributed by atoms with van der Waals surface area (Å²) in [6, 6.07) is 12.0. The molecule has 24 heavy (non-hydrogen) atoms. The van der Waals surface area contributed by atoms with Crippen LogP contribution in [0.25, 0.3) is 0 Å². The van der Waals surface area contributed by atoms with E-state index in [1.807, 2.05) is 30.3 Å². The van der Waals surface area contributed by atoms with E-state index >= 15 is 0 Å². The third-order valence-corrected chi connectivity index (χ3v) is 4.39. The largest absolute Gasteiger partial charge is 0.337 e. The molecule has 0 atom stereocenters. The van der Waals surface area contributed by atoms with Crippen LogP contribution < -0.4 is 5.56 Å². The van der Waals surface area contributed by atoms with Gasteiger partial charge in [0.25, 0.3) is 11.5 Å². The topological polar surface area (TPSA) is 72.3 Å². The summed E-state index contributed by atoms with van der Waals surface area (Å²) in [6.45, 7) is 1.04. The van der Waals surface area contributed by atoms with Crippen LogP contribution in [0.5, 0.6) is 0 Å². The Balaban J connectivity index is 1.64. The molecule has 2 heterocycles. The first kappa shape index (κ1) is 16.1. The maximum Gasteiger partial charge on any atom is 0.274 e. The highest BCUT2D eigenvalue weighted by atomic mass is 16.2. The van der Waals surface area contributed by atoms with Crippen molar-refractivity contribution >= 4 is 11.7 Å². The van der Waals surface area contributed by atoms with Crippen LogP contribution in [0, 0.1) is 5.92 Å². The van der Waals surface area contributed by atoms with E-state index in [0.717, 1.165) is 10.2 Å². The molecule has 6 nitrogen and oxygen atoms in total. The maximum absolute atomic E-state index is 12.5. The number of ketones is 1. The fourth-order valence-corrected chi connectivity index (χ4v) is 2.96. The minimum Gasteiger partial charge on any atom is -0.337 e. The van der Waals surface area contributed by atoms with Gasteiger partial charge in [-0.1, -0.05) is 30.3 Å². The Kier molecular flexibility index (Phi) is 4.55. The second kappa shape index (κ2) is 6.78. The second-order valence-electron chi connectivity index (χ2n) is 5.98. The molecular formula is C18H19N3O3. The van der Waals surface area contributed by atoms with E-state index in [2.05, 4.69) is 5.10 Å². The predicted octanol–water partition coefficient (Wildman–Crippen LogP) is 1.52. The molecule has 3 rings (SSSR count). The molecule has 1 aliphatic rings. The van der Waals surface area contributed by atoms with Gasteiger partial charge in [0.15, 0.2) is 5.78 Å². The lowest BCUT2D eigenvalue weighted by molar-refractivity contribution is 0.0643. The monoisotopic (exact) mass is 325 g/mol. The van der Waals surface area contributed by atoms with Crippen molar-refractivity contribution in [2.75, 3.05) is 13.1 Å². The van der Waals surface area contributed by atoms with Crippen LogP contribution in [-0.4, -0.2) is 39.5 Å². The molecule has 0 unspecified atom stereocenters. The van der Waals surface area contributed by atoms with Gasteiger partial charge in [-0.15, -0.1) is 0 Å². The van der Waals surface area contributed by atoms with Gasteiger partial charge in [0, 0.05) is 37.7 Å². The van der Waals surface area contributed by atoms with Gasteiger partial charge in [-0.3, -0.25) is 14.4 Å². The number of amides is 1. The molecule has 0 saturated carbocycles. The lowest BCUT2D eigenvalue weighted by Crippen LogP contribution is -2.41. The number of aromatic nitrogens is 2. The van der Waals surface area contributed by atoms with E-state index in [-0.39, 0.29) is 28.9 Å². The zero-order valence-corrected chi connectivity index (χ0v) is 13.5. The van der Waals surface area contributed by atoms with Crippen molar-refractivity contribution in [1.82, 2.24) is 14.7 Å². The number of benzene rings is 1. The Labute approximate surface area is 139 Å². The number of carbonyl (C=O) groups excluding carboxylic acids is 2. The van der Waals surface area contributed by atoms with Crippen molar-refractivity contribution in [3.63, 3.8) is 0 Å². The molecular weight excluding hydrogens is 306 g/mol. The predicted molar refractivity (Wildman–Crippen MR) is 88.9 cm³/mol. The second-order valence-corrected chi connectivity index (χ2v) is 5.98. The van der Waals surface area contributed by atoms with Gasteiger partial charge in [-0.2, -0.15) is 5.10 Å². The maximum atomic E-state index is 12.5. The average Bonchev–Trinajstić information content (AvgIpc) is 2.63. The number of rotatable bonds is 3. The van der Waals surface area contributed by atoms with Crippen LogP contribution in [0.3, 0.4) is 0 Å². The van der Waals surface area contributed by atoms with Crippen molar-refractivity contribution in [2.24, 2.45) is 13.0 Å². The fourth-order valence-electron chi connectivity index (χ4n) is 2.96. The molecule has 0 spiro atoms. The summed E-state index contributed by atoms with van der Waals surface area (Å²) in [5.41, 5.74) is 0.727. The van der Waals surface area contributed by atoms with E-state index in [4.69, 9.17) is 0 Å². The first-order chi connectivity index (χ1) is 11.6. The van der Waals surface area contributed by atoms with Crippen molar-refractivity contribution in [3.05, 3.63) is 64.1 Å². The number of hydrogen-bond acceptors (Lipinski definition) is 4. The average molecular weight is 325 g/mol. The van der Waals surface area contributed by atoms with E-state index < -0.39 is 0 Å². The Morgan fingerprint density at radius 2 is 1.71 bits per heavy atom. The molecule has 0 N–H and O–H groups in total. The molecule has 2 aromatic rings. The third-order valence-electron chi connectivity index (χ3n) is 4.39. The minimum absolute atomic E-state index is 0.0514. The smallest absolute Gasteiger partial charge is 0.274 e. The Hall–Kier alpha value is -2.76. The minimum atomic E-state index is -0.251. The van der Waals surface area contributed by atoms with Gasteiger partial charge in [-0.05, 0) is 18.9 Å². The molecule has 6 heteroatoms. The lowest BCUT2D eigenvalue weighted by atomic mass is 9.89. The molecule has 1 saturated heterocycles. The number of carbonyl (C=O) groups is 2. The Bertz CT molecular complexity index is 806. The molecule has 1 aliphatic heterocycles. The van der Waals surface area contributed by atoms with Crippen LogP contribution in [0.15, 0.2) is 47.3 Å². The SMILES string of the molecule is Cn1nc(C(=O)N2CCC(C(=O)c3ccccc3)CC2)ccc1=O. The molecule has 0 radical (unpaired) electrons. The Morgan fingerprint density at radius 1 is 1.04 bits per heavy atom. The number of aryl methyl sites for hydroxylation is 1. The molecule has 0 bridgehead atoms. The van der Waals surface area contributed by atoms with Crippen LogP contribution in [0.1, 0.15) is 33.7 Å². The number of Topliss-reactive ketones (excluding diaryl/α,β-unsaturated/α-hetero) is 1. The van der Waals surface area contributed by atoms with Crippen molar-refractivity contribution in [1.29, 1.82) is 0 Å². The lowest BCUT2D eigenvalue weighted by Gasteiger charge is -2.31. The van der Waals surface area contributed by atoms with E-state index in [1.54, 1.807) is 4.90 Å². The van der Waals surface area contributed by atoms with Crippen LogP contribution in [0.2, 0.25) is 0 Å². The first-order valence-electron chi connectivity index (χ1n) is 7.99. The standard InChI is InChI=1S/C18H19N3O3/c1-20-16(22)8-7-15(19-20)18(24)21-11-9-14(10-12-21)17(23)13-5-3-2-4-6-13/h2-8,14H,9-12H2,1H3. The van der Waals surface area contributed by atoms with Crippen molar-refractivity contribution in [3.8, 4) is 0 Å². The van der Waals surface area contributed by atoms with E-state index in [9.17, 15) is 14.4 Å². The summed E-state index contributed by atoms with van der Waals surface area (Å²) in [5.74, 6) is -0.108. The number of nitrogens with zero attached hydrogens (tertiary/aromatic N) is 3. The molecule has 1 amide bonds. The van der Waals surface area contributed by atoms with Gasteiger partial charge < -0.3 is 4.90 Å². The number of piperidine rings is 1. The quantitative estimate of drug-likeness (QED) is 0.802. The van der Waals surface area contributed by atoms with Crippen LogP contribution in [0.4, 0.5) is 0 Å². The summed E-state index contributed by atoms with van der Waals surface area (Å²) >= 11 is 0. The van der Waals surface area contributed by atoms with Gasteiger partial charge in [0.2, 0.25) is 0 Å². The normalized spacial score (nSPS) is 15.3. The highest BCUT2D eigenvalue weighted by Gasteiger charge is 2.28. The van der Waals surface area contributed by atoms with E-state index in [1.165, 1.54) is 19.2 Å². The number of likely N-dealkylation sites (tertiary alicyclic amines) is 1. The summed E-state index contributed by atoms with van der Waals surface area (Å²) < 4.78 is 1.15. The Morgan fingerprint density at radius 3 is 2.33 bits per heavy atom. The van der Waals surface area contributed by atoms with Gasteiger partial charge in [0.05, 0.1) is 0 Å². The fraction of sp³-hybridized carbons (Fsp3) is 0.333. The highest BCUT2D eigenvalue weighted by Crippen LogP contribution is 2.22. The summed E-state index contributed by atoms with van der Waals surface area (Å²) in [6.07, 6.45) is 1.29. The molecule has 0 aliphatic carbocycles. The molecule has 1 aromatic heterocycles. The van der Waals surface area contributed by atoms with Gasteiger partial charge in [-0.25, -0.2) is 4.68 Å². The third kappa shape index (κ3) is 3.27. The summed E-state index contributed by atoms with van der Waals surface area (Å²) in [5, 5.41) is 4.00. The van der Waals surface area contributed by atoms with Gasteiger partial charge >= 0.3 is 0 Å². The van der Waals surface area contributed by atoms with Crippen LogP contribution >= 0.6 is 0 Å². The van der Waals surface area contributed by atoms with E-state index in [0.29, 0.717) is 25.9 Å². The highest BCUT2D eigenvalue weighted by molar-refractivity contribution is 5.98. The van der Waals surface area contributed by atoms with Crippen molar-refractivity contribution in [2.45, 2.75) is 12.8 Å². The molecule has 1 aromatic carbocycles. The zero-order valence-electron chi connectivity index (χ0n) is 13.5. The van der Waals surface area contributed by atoms with Crippen molar-refractivity contribution < 1.29 is 9.59 Å². The van der Waals surface area contributed by atoms with Crippen LogP contribution in [-0.2, 0) is 7.05 Å². The molecule has 124 valence electrons.